The molecule has 7 heteroatoms. The van der Waals surface area contributed by atoms with Gasteiger partial charge in [0.2, 0.25) is 0 Å². The molecule has 28 heavy (non-hydrogen) atoms. The average Bonchev–Trinajstić information content (AvgIpc) is 2.72. The molecule has 0 aliphatic carbocycles. The molecule has 3 rings (SSSR count). The Morgan fingerprint density at radius 2 is 1.64 bits per heavy atom. The molecule has 0 fully saturated rings. The van der Waals surface area contributed by atoms with Crippen LogP contribution in [0.2, 0.25) is 5.02 Å². The minimum atomic E-state index is -3.85. The predicted octanol–water partition coefficient (Wildman–Crippen LogP) is 4.75. The highest BCUT2D eigenvalue weighted by atomic mass is 35.5. The van der Waals surface area contributed by atoms with E-state index in [1.165, 1.54) is 11.4 Å². The van der Waals surface area contributed by atoms with E-state index in [1.54, 1.807) is 73.8 Å². The molecule has 0 bridgehead atoms. The van der Waals surface area contributed by atoms with Crippen molar-refractivity contribution in [2.24, 2.45) is 0 Å². The molecule has 0 aromatic heterocycles. The normalized spacial score (nSPS) is 11.1. The maximum atomic E-state index is 13.5. The lowest BCUT2D eigenvalue weighted by molar-refractivity contribution is 0.394. The van der Waals surface area contributed by atoms with Crippen LogP contribution in [0.25, 0.3) is 0 Å². The summed E-state index contributed by atoms with van der Waals surface area (Å²) in [5.41, 5.74) is 1.16. The summed E-state index contributed by atoms with van der Waals surface area (Å²) in [5.74, 6) is 0.960. The van der Waals surface area contributed by atoms with Gasteiger partial charge in [0.15, 0.2) is 0 Å². The van der Waals surface area contributed by atoms with Gasteiger partial charge in [-0.2, -0.15) is 0 Å². The third kappa shape index (κ3) is 4.24. The maximum Gasteiger partial charge on any atom is 0.264 e. The summed E-state index contributed by atoms with van der Waals surface area (Å²) in [7, 11) is -0.816. The molecular formula is C21H20ClNO4S. The fourth-order valence-corrected chi connectivity index (χ4v) is 4.51. The Bertz CT molecular complexity index is 1060. The molecule has 3 aromatic carbocycles. The molecule has 0 spiro atoms. The first-order chi connectivity index (χ1) is 13.5. The van der Waals surface area contributed by atoms with E-state index in [9.17, 15) is 8.42 Å². The molecule has 0 atom stereocenters. The Hall–Kier alpha value is -2.70. The van der Waals surface area contributed by atoms with Crippen LogP contribution in [-0.2, 0) is 16.6 Å². The zero-order valence-electron chi connectivity index (χ0n) is 15.5. The number of ether oxygens (including phenoxy) is 2. The van der Waals surface area contributed by atoms with Crippen molar-refractivity contribution in [1.82, 2.24) is 0 Å². The van der Waals surface area contributed by atoms with E-state index in [1.807, 2.05) is 6.07 Å². The van der Waals surface area contributed by atoms with Gasteiger partial charge in [-0.15, -0.1) is 0 Å². The van der Waals surface area contributed by atoms with Gasteiger partial charge in [0.1, 0.15) is 11.5 Å². The number of methoxy groups -OCH3 is 2. The molecule has 0 amide bonds. The highest BCUT2D eigenvalue weighted by Gasteiger charge is 2.28. The van der Waals surface area contributed by atoms with Gasteiger partial charge in [-0.05, 0) is 42.0 Å². The number of rotatable bonds is 7. The summed E-state index contributed by atoms with van der Waals surface area (Å²) in [6.07, 6.45) is 0. The van der Waals surface area contributed by atoms with Gasteiger partial charge in [0, 0.05) is 11.1 Å². The van der Waals surface area contributed by atoms with Gasteiger partial charge >= 0.3 is 0 Å². The molecular weight excluding hydrogens is 398 g/mol. The van der Waals surface area contributed by atoms with Crippen molar-refractivity contribution in [2.75, 3.05) is 18.5 Å². The Kier molecular flexibility index (Phi) is 6.11. The summed E-state index contributed by atoms with van der Waals surface area (Å²) < 4.78 is 38.9. The van der Waals surface area contributed by atoms with Crippen molar-refractivity contribution in [3.05, 3.63) is 83.4 Å². The fraction of sp³-hybridized carbons (Fsp3) is 0.143. The van der Waals surface area contributed by atoms with Crippen molar-refractivity contribution in [3.8, 4) is 11.5 Å². The zero-order valence-corrected chi connectivity index (χ0v) is 17.1. The largest absolute Gasteiger partial charge is 0.497 e. The molecule has 0 unspecified atom stereocenters. The first kappa shape index (κ1) is 20.0. The Balaban J connectivity index is 2.15. The lowest BCUT2D eigenvalue weighted by atomic mass is 10.2. The number of hydrogen-bond donors (Lipinski definition) is 0. The lowest BCUT2D eigenvalue weighted by Gasteiger charge is -2.26. The van der Waals surface area contributed by atoms with Crippen LogP contribution >= 0.6 is 11.6 Å². The number of benzene rings is 3. The second-order valence-corrected chi connectivity index (χ2v) is 8.29. The molecule has 0 N–H and O–H groups in total. The van der Waals surface area contributed by atoms with E-state index in [-0.39, 0.29) is 11.4 Å². The van der Waals surface area contributed by atoms with Crippen LogP contribution in [0, 0.1) is 0 Å². The van der Waals surface area contributed by atoms with E-state index in [4.69, 9.17) is 21.1 Å². The van der Waals surface area contributed by atoms with Crippen molar-refractivity contribution in [3.63, 3.8) is 0 Å². The number of nitrogens with zero attached hydrogens (tertiary/aromatic N) is 1. The van der Waals surface area contributed by atoms with E-state index in [0.717, 1.165) is 5.56 Å². The minimum absolute atomic E-state index is 0.0977. The lowest BCUT2D eigenvalue weighted by Crippen LogP contribution is -2.31. The SMILES string of the molecule is COc1ccc(N(Cc2cccc(Cl)c2)S(=O)(=O)c2ccccc2)c(OC)c1. The van der Waals surface area contributed by atoms with Crippen molar-refractivity contribution in [2.45, 2.75) is 11.4 Å². The van der Waals surface area contributed by atoms with Gasteiger partial charge in [-0.25, -0.2) is 8.42 Å². The summed E-state index contributed by atoms with van der Waals surface area (Å²) in [4.78, 5) is 0.190. The molecule has 0 saturated heterocycles. The van der Waals surface area contributed by atoms with Crippen molar-refractivity contribution >= 4 is 27.3 Å². The summed E-state index contributed by atoms with van der Waals surface area (Å²) in [6, 6.07) is 20.4. The van der Waals surface area contributed by atoms with E-state index in [2.05, 4.69) is 0 Å². The van der Waals surface area contributed by atoms with Crippen molar-refractivity contribution < 1.29 is 17.9 Å². The quantitative estimate of drug-likeness (QED) is 0.556. The highest BCUT2D eigenvalue weighted by molar-refractivity contribution is 7.92. The predicted molar refractivity (Wildman–Crippen MR) is 111 cm³/mol. The van der Waals surface area contributed by atoms with Crippen LogP contribution in [0.1, 0.15) is 5.56 Å². The summed E-state index contributed by atoms with van der Waals surface area (Å²) >= 11 is 6.09. The van der Waals surface area contributed by atoms with E-state index >= 15 is 0 Å². The first-order valence-corrected chi connectivity index (χ1v) is 10.3. The average molecular weight is 418 g/mol. The van der Waals surface area contributed by atoms with Gasteiger partial charge in [0.05, 0.1) is 31.3 Å². The zero-order chi connectivity index (χ0) is 20.1. The highest BCUT2D eigenvalue weighted by Crippen LogP contribution is 2.36. The molecule has 0 saturated carbocycles. The number of halogens is 1. The number of hydrogen-bond acceptors (Lipinski definition) is 4. The molecule has 3 aromatic rings. The standard InChI is InChI=1S/C21H20ClNO4S/c1-26-18-11-12-20(21(14-18)27-2)23(15-16-7-6-8-17(22)13-16)28(24,25)19-9-4-3-5-10-19/h3-14H,15H2,1-2H3. The number of sulfonamides is 1. The minimum Gasteiger partial charge on any atom is -0.497 e. The monoisotopic (exact) mass is 417 g/mol. The van der Waals surface area contributed by atoms with Crippen molar-refractivity contribution in [1.29, 1.82) is 0 Å². The summed E-state index contributed by atoms with van der Waals surface area (Å²) in [6.45, 7) is 0.0977. The van der Waals surface area contributed by atoms with Gasteiger partial charge < -0.3 is 9.47 Å². The molecule has 0 radical (unpaired) electrons. The molecule has 0 aliphatic rings. The van der Waals surface area contributed by atoms with Crippen LogP contribution in [-0.4, -0.2) is 22.6 Å². The molecule has 5 nitrogen and oxygen atoms in total. The smallest absolute Gasteiger partial charge is 0.264 e. The van der Waals surface area contributed by atoms with Crippen LogP contribution in [0.15, 0.2) is 77.7 Å². The summed E-state index contributed by atoms with van der Waals surface area (Å²) in [5, 5.41) is 0.538. The van der Waals surface area contributed by atoms with E-state index < -0.39 is 10.0 Å². The second-order valence-electron chi connectivity index (χ2n) is 5.99. The Labute approximate surface area is 170 Å². The van der Waals surface area contributed by atoms with Gasteiger partial charge in [0.25, 0.3) is 10.0 Å². The third-order valence-electron chi connectivity index (χ3n) is 4.20. The van der Waals surface area contributed by atoms with E-state index in [0.29, 0.717) is 22.2 Å². The first-order valence-electron chi connectivity index (χ1n) is 8.50. The van der Waals surface area contributed by atoms with Gasteiger partial charge in [-0.3, -0.25) is 4.31 Å². The van der Waals surface area contributed by atoms with Crippen LogP contribution in [0.5, 0.6) is 11.5 Å². The van der Waals surface area contributed by atoms with Crippen LogP contribution < -0.4 is 13.8 Å². The maximum absolute atomic E-state index is 13.5. The Morgan fingerprint density at radius 1 is 0.893 bits per heavy atom. The third-order valence-corrected chi connectivity index (χ3v) is 6.21. The molecule has 0 aliphatic heterocycles. The molecule has 0 heterocycles. The Morgan fingerprint density at radius 3 is 2.29 bits per heavy atom. The van der Waals surface area contributed by atoms with Gasteiger partial charge in [-0.1, -0.05) is 41.9 Å². The number of anilines is 1. The topological polar surface area (TPSA) is 55.8 Å². The molecule has 146 valence electrons. The second kappa shape index (κ2) is 8.54. The van der Waals surface area contributed by atoms with Crippen LogP contribution in [0.3, 0.4) is 0 Å². The fourth-order valence-electron chi connectivity index (χ4n) is 2.81. The van der Waals surface area contributed by atoms with Crippen LogP contribution in [0.4, 0.5) is 5.69 Å².